The molecule has 1 saturated heterocycles. The van der Waals surface area contributed by atoms with Crippen molar-refractivity contribution in [3.63, 3.8) is 0 Å². The van der Waals surface area contributed by atoms with E-state index in [2.05, 4.69) is 4.98 Å². The van der Waals surface area contributed by atoms with Crippen LogP contribution in [-0.4, -0.2) is 46.9 Å². The summed E-state index contributed by atoms with van der Waals surface area (Å²) in [4.78, 5) is 30.6. The molecule has 1 atom stereocenters. The Balaban J connectivity index is 1.96. The zero-order valence-electron chi connectivity index (χ0n) is 16.6. The topological polar surface area (TPSA) is 82.6 Å². The van der Waals surface area contributed by atoms with E-state index in [-0.39, 0.29) is 30.0 Å². The minimum Gasteiger partial charge on any atom is -0.507 e. The van der Waals surface area contributed by atoms with Gasteiger partial charge >= 0.3 is 0 Å². The van der Waals surface area contributed by atoms with Crippen LogP contribution in [-0.2, 0) is 14.3 Å². The van der Waals surface area contributed by atoms with Gasteiger partial charge in [0.15, 0.2) is 0 Å². The number of methoxy groups -OCH3 is 1. The summed E-state index contributed by atoms with van der Waals surface area (Å²) in [6.45, 7) is 2.29. The highest BCUT2D eigenvalue weighted by Gasteiger charge is 2.47. The number of carbonyl (C=O) groups excluding carboxylic acids is 2. The number of nitrogens with one attached hydrogen (secondary N) is 1. The quantitative estimate of drug-likeness (QED) is 0.383. The molecule has 0 spiro atoms. The Kier molecular flexibility index (Phi) is 5.13. The highest BCUT2D eigenvalue weighted by atomic mass is 19.1. The predicted octanol–water partition coefficient (Wildman–Crippen LogP) is 3.68. The summed E-state index contributed by atoms with van der Waals surface area (Å²) in [5, 5.41) is 11.8. The van der Waals surface area contributed by atoms with E-state index in [0.717, 1.165) is 22.2 Å². The van der Waals surface area contributed by atoms with Gasteiger partial charge in [0.2, 0.25) is 0 Å². The zero-order valence-corrected chi connectivity index (χ0v) is 16.6. The number of H-pyrrole nitrogens is 1. The minimum absolute atomic E-state index is 0.0180. The van der Waals surface area contributed by atoms with Crippen molar-refractivity contribution in [3.05, 3.63) is 76.7 Å². The van der Waals surface area contributed by atoms with Gasteiger partial charge in [-0.15, -0.1) is 0 Å². The third-order valence-electron chi connectivity index (χ3n) is 5.41. The first-order valence-corrected chi connectivity index (χ1v) is 9.54. The molecule has 154 valence electrons. The second kappa shape index (κ2) is 7.76. The lowest BCUT2D eigenvalue weighted by Gasteiger charge is -2.25. The molecule has 2 aromatic carbocycles. The number of ether oxygens (including phenoxy) is 1. The maximum absolute atomic E-state index is 13.3. The van der Waals surface area contributed by atoms with Crippen LogP contribution in [0.15, 0.2) is 54.1 Å². The second-order valence-corrected chi connectivity index (χ2v) is 7.20. The summed E-state index contributed by atoms with van der Waals surface area (Å²) in [7, 11) is 1.51. The molecular formula is C23H21FN2O4. The van der Waals surface area contributed by atoms with Crippen molar-refractivity contribution in [2.45, 2.75) is 13.0 Å². The van der Waals surface area contributed by atoms with E-state index in [4.69, 9.17) is 4.74 Å². The van der Waals surface area contributed by atoms with Crippen LogP contribution in [0.25, 0.3) is 16.7 Å². The number of amides is 1. The number of benzene rings is 2. The first-order chi connectivity index (χ1) is 14.4. The van der Waals surface area contributed by atoms with Crippen molar-refractivity contribution in [3.8, 4) is 0 Å². The molecule has 30 heavy (non-hydrogen) atoms. The number of likely N-dealkylation sites (tertiary alicyclic amines) is 1. The Labute approximate surface area is 172 Å². The number of nitrogens with zero attached hydrogens (tertiary/aromatic N) is 1. The van der Waals surface area contributed by atoms with Crippen LogP contribution in [0.3, 0.4) is 0 Å². The monoisotopic (exact) mass is 408 g/mol. The maximum Gasteiger partial charge on any atom is 0.295 e. The number of aliphatic hydroxyl groups is 1. The fraction of sp³-hybridized carbons (Fsp3) is 0.217. The summed E-state index contributed by atoms with van der Waals surface area (Å²) in [5.74, 6) is -2.27. The number of aryl methyl sites for hydroxylation is 1. The number of hydrogen-bond donors (Lipinski definition) is 2. The molecule has 2 N–H and O–H groups in total. The molecule has 1 aromatic heterocycles. The highest BCUT2D eigenvalue weighted by molar-refractivity contribution is 6.46. The Bertz CT molecular complexity index is 1160. The molecule has 7 heteroatoms. The summed E-state index contributed by atoms with van der Waals surface area (Å²) >= 11 is 0. The average Bonchev–Trinajstić information content (AvgIpc) is 3.19. The van der Waals surface area contributed by atoms with Crippen LogP contribution in [0.1, 0.15) is 22.9 Å². The number of carbonyl (C=O) groups is 2. The number of rotatable bonds is 5. The number of Topliss-reactive ketones (excluding diaryl/α,β-unsaturated/α-hetero) is 1. The van der Waals surface area contributed by atoms with Crippen LogP contribution in [0, 0.1) is 12.7 Å². The number of fused-ring (bicyclic) bond motifs is 1. The summed E-state index contributed by atoms with van der Waals surface area (Å²) in [6, 6.07) is 11.9. The Hall–Kier alpha value is -3.45. The first-order valence-electron chi connectivity index (χ1n) is 9.54. The molecule has 1 fully saturated rings. The van der Waals surface area contributed by atoms with Gasteiger partial charge in [-0.05, 0) is 37.3 Å². The Morgan fingerprint density at radius 2 is 1.87 bits per heavy atom. The lowest BCUT2D eigenvalue weighted by Crippen LogP contribution is -2.32. The van der Waals surface area contributed by atoms with E-state index in [1.807, 2.05) is 31.2 Å². The van der Waals surface area contributed by atoms with Crippen LogP contribution in [0.5, 0.6) is 0 Å². The van der Waals surface area contributed by atoms with E-state index in [9.17, 15) is 19.1 Å². The van der Waals surface area contributed by atoms with Crippen molar-refractivity contribution in [2.75, 3.05) is 20.3 Å². The van der Waals surface area contributed by atoms with Gasteiger partial charge in [0.05, 0.1) is 18.2 Å². The summed E-state index contributed by atoms with van der Waals surface area (Å²) in [6.07, 6.45) is 0. The molecule has 1 aliphatic rings. The molecule has 0 saturated carbocycles. The summed E-state index contributed by atoms with van der Waals surface area (Å²) in [5.41, 5.74) is 2.64. The molecule has 1 unspecified atom stereocenters. The van der Waals surface area contributed by atoms with Crippen LogP contribution in [0.2, 0.25) is 0 Å². The molecule has 1 aliphatic heterocycles. The van der Waals surface area contributed by atoms with Gasteiger partial charge in [-0.25, -0.2) is 4.39 Å². The number of aromatic amines is 1. The second-order valence-electron chi connectivity index (χ2n) is 7.20. The van der Waals surface area contributed by atoms with E-state index in [0.29, 0.717) is 0 Å². The van der Waals surface area contributed by atoms with Gasteiger partial charge in [0.1, 0.15) is 11.6 Å². The van der Waals surface area contributed by atoms with Crippen molar-refractivity contribution in [2.24, 2.45) is 0 Å². The molecule has 6 nitrogen and oxygen atoms in total. The van der Waals surface area contributed by atoms with Gasteiger partial charge in [-0.1, -0.05) is 18.2 Å². The van der Waals surface area contributed by atoms with E-state index >= 15 is 0 Å². The minimum atomic E-state index is -0.790. The molecule has 0 radical (unpaired) electrons. The molecule has 3 aromatic rings. The van der Waals surface area contributed by atoms with Crippen LogP contribution < -0.4 is 0 Å². The van der Waals surface area contributed by atoms with Crippen molar-refractivity contribution in [1.29, 1.82) is 0 Å². The molecule has 1 amide bonds. The lowest BCUT2D eigenvalue weighted by molar-refractivity contribution is -0.140. The standard InChI is InChI=1S/C23H21FN2O4/c1-13-18(16-5-3-4-6-17(16)25-13)20-19(21(27)14-7-9-15(24)10-8-14)22(28)23(29)26(20)11-12-30-2/h3-10,20,25,27H,11-12H2,1-2H3/b21-19+. The number of ketones is 1. The third-order valence-corrected chi connectivity index (χ3v) is 5.41. The van der Waals surface area contributed by atoms with Gasteiger partial charge in [-0.2, -0.15) is 0 Å². The van der Waals surface area contributed by atoms with Gasteiger partial charge < -0.3 is 19.7 Å². The molecule has 0 aliphatic carbocycles. The van der Waals surface area contributed by atoms with Gasteiger partial charge in [0, 0.05) is 41.4 Å². The SMILES string of the molecule is COCCN1C(=O)C(=O)/C(=C(/O)c2ccc(F)cc2)C1c1c(C)[nH]c2ccccc12. The van der Waals surface area contributed by atoms with E-state index in [1.165, 1.54) is 36.3 Å². The Morgan fingerprint density at radius 3 is 2.57 bits per heavy atom. The molecule has 2 heterocycles. The number of para-hydroxylation sites is 1. The van der Waals surface area contributed by atoms with Crippen LogP contribution in [0.4, 0.5) is 4.39 Å². The van der Waals surface area contributed by atoms with Crippen LogP contribution >= 0.6 is 0 Å². The first kappa shape index (κ1) is 19.8. The van der Waals surface area contributed by atoms with Crippen molar-refractivity contribution < 1.29 is 23.8 Å². The largest absolute Gasteiger partial charge is 0.507 e. The number of aliphatic hydroxyl groups excluding tert-OH is 1. The van der Waals surface area contributed by atoms with Crippen molar-refractivity contribution in [1.82, 2.24) is 9.88 Å². The number of hydrogen-bond acceptors (Lipinski definition) is 4. The molecule has 4 rings (SSSR count). The lowest BCUT2D eigenvalue weighted by atomic mass is 9.93. The van der Waals surface area contributed by atoms with Gasteiger partial charge in [-0.3, -0.25) is 9.59 Å². The fourth-order valence-corrected chi connectivity index (χ4v) is 4.01. The highest BCUT2D eigenvalue weighted by Crippen LogP contribution is 2.43. The number of halogens is 1. The molecular weight excluding hydrogens is 387 g/mol. The number of aromatic nitrogens is 1. The van der Waals surface area contributed by atoms with E-state index < -0.39 is 23.5 Å². The predicted molar refractivity (Wildman–Crippen MR) is 110 cm³/mol. The average molecular weight is 408 g/mol. The smallest absolute Gasteiger partial charge is 0.295 e. The van der Waals surface area contributed by atoms with Crippen molar-refractivity contribution >= 4 is 28.4 Å². The molecule has 0 bridgehead atoms. The van der Waals surface area contributed by atoms with E-state index in [1.54, 1.807) is 0 Å². The fourth-order valence-electron chi connectivity index (χ4n) is 4.01. The normalized spacial score (nSPS) is 18.5. The summed E-state index contributed by atoms with van der Waals surface area (Å²) < 4.78 is 18.5. The Morgan fingerprint density at radius 1 is 1.17 bits per heavy atom. The zero-order chi connectivity index (χ0) is 21.4. The third kappa shape index (κ3) is 3.17. The van der Waals surface area contributed by atoms with Gasteiger partial charge in [0.25, 0.3) is 11.7 Å². The maximum atomic E-state index is 13.3.